The third-order valence-electron chi connectivity index (χ3n) is 3.46. The van der Waals surface area contributed by atoms with Gasteiger partial charge in [0, 0.05) is 25.3 Å². The van der Waals surface area contributed by atoms with Gasteiger partial charge in [-0.15, -0.1) is 0 Å². The minimum absolute atomic E-state index is 0.409. The van der Waals surface area contributed by atoms with Crippen molar-refractivity contribution in [2.45, 2.75) is 39.2 Å². The number of hydrogen-bond donors (Lipinski definition) is 1. The normalized spacial score (nSPS) is 18.1. The van der Waals surface area contributed by atoms with E-state index in [4.69, 9.17) is 0 Å². The molecule has 94 valence electrons. The van der Waals surface area contributed by atoms with E-state index in [2.05, 4.69) is 41.2 Å². The minimum Gasteiger partial charge on any atom is -0.357 e. The van der Waals surface area contributed by atoms with Crippen LogP contribution in [-0.4, -0.2) is 24.6 Å². The number of nitrogens with zero attached hydrogens (tertiary/aromatic N) is 2. The van der Waals surface area contributed by atoms with Gasteiger partial charge in [0.25, 0.3) is 0 Å². The lowest BCUT2D eigenvalue weighted by Gasteiger charge is -2.28. The van der Waals surface area contributed by atoms with Crippen LogP contribution in [0.5, 0.6) is 0 Å². The molecule has 0 spiro atoms. The van der Waals surface area contributed by atoms with Crippen LogP contribution in [-0.2, 0) is 0 Å². The summed E-state index contributed by atoms with van der Waals surface area (Å²) in [6, 6.07) is 4.76. The molecule has 0 bridgehead atoms. The molecule has 17 heavy (non-hydrogen) atoms. The Kier molecular flexibility index (Phi) is 4.37. The van der Waals surface area contributed by atoms with Crippen LogP contribution in [0.4, 0.5) is 5.82 Å². The van der Waals surface area contributed by atoms with Gasteiger partial charge in [-0.05, 0) is 50.4 Å². The van der Waals surface area contributed by atoms with E-state index in [0.717, 1.165) is 25.5 Å². The molecule has 1 aliphatic heterocycles. The molecule has 0 amide bonds. The van der Waals surface area contributed by atoms with E-state index < -0.39 is 0 Å². The molecule has 0 radical (unpaired) electrons. The Bertz CT molecular complexity index is 345. The number of rotatable bonds is 4. The Morgan fingerprint density at radius 3 is 2.82 bits per heavy atom. The van der Waals surface area contributed by atoms with E-state index in [1.54, 1.807) is 0 Å². The van der Waals surface area contributed by atoms with E-state index in [9.17, 15) is 0 Å². The molecule has 2 rings (SSSR count). The highest BCUT2D eigenvalue weighted by Gasteiger charge is 2.13. The highest BCUT2D eigenvalue weighted by atomic mass is 15.2. The molecule has 1 aromatic rings. The third kappa shape index (κ3) is 3.19. The van der Waals surface area contributed by atoms with Crippen LogP contribution in [0, 0.1) is 0 Å². The van der Waals surface area contributed by atoms with Crippen LogP contribution in [0.1, 0.15) is 44.7 Å². The molecule has 1 unspecified atom stereocenters. The minimum atomic E-state index is 0.409. The second-order valence-corrected chi connectivity index (χ2v) is 4.77. The molecule has 1 N–H and O–H groups in total. The van der Waals surface area contributed by atoms with Gasteiger partial charge in [-0.2, -0.15) is 0 Å². The molecule has 0 aliphatic carbocycles. The Labute approximate surface area is 104 Å². The molecule has 3 nitrogen and oxygen atoms in total. The topological polar surface area (TPSA) is 28.2 Å². The van der Waals surface area contributed by atoms with Gasteiger partial charge in [0.15, 0.2) is 0 Å². The largest absolute Gasteiger partial charge is 0.357 e. The summed E-state index contributed by atoms with van der Waals surface area (Å²) >= 11 is 0. The maximum atomic E-state index is 4.50. The zero-order chi connectivity index (χ0) is 12.1. The van der Waals surface area contributed by atoms with E-state index in [1.165, 1.54) is 24.8 Å². The highest BCUT2D eigenvalue weighted by molar-refractivity contribution is 5.42. The Balaban J connectivity index is 2.09. The standard InChI is InChI=1S/C14H23N3/c1-3-15-12(2)13-7-8-16-14(11-13)17-9-5-4-6-10-17/h7-8,11-12,15H,3-6,9-10H2,1-2H3. The summed E-state index contributed by atoms with van der Waals surface area (Å²) < 4.78 is 0. The first-order chi connectivity index (χ1) is 8.31. The van der Waals surface area contributed by atoms with Gasteiger partial charge in [-0.25, -0.2) is 4.98 Å². The molecular formula is C14H23N3. The first kappa shape index (κ1) is 12.4. The molecule has 1 saturated heterocycles. The Morgan fingerprint density at radius 2 is 2.12 bits per heavy atom. The van der Waals surface area contributed by atoms with Gasteiger partial charge < -0.3 is 10.2 Å². The number of pyridine rings is 1. The van der Waals surface area contributed by atoms with Crippen molar-refractivity contribution in [3.05, 3.63) is 23.9 Å². The molecule has 2 heterocycles. The van der Waals surface area contributed by atoms with E-state index in [0.29, 0.717) is 6.04 Å². The first-order valence-corrected chi connectivity index (χ1v) is 6.75. The molecule has 1 aliphatic rings. The Morgan fingerprint density at radius 1 is 1.35 bits per heavy atom. The van der Waals surface area contributed by atoms with Crippen LogP contribution in [0.2, 0.25) is 0 Å². The molecule has 1 fully saturated rings. The van der Waals surface area contributed by atoms with Crippen LogP contribution in [0.15, 0.2) is 18.3 Å². The molecule has 1 atom stereocenters. The van der Waals surface area contributed by atoms with Gasteiger partial charge in [0.1, 0.15) is 5.82 Å². The number of nitrogens with one attached hydrogen (secondary N) is 1. The molecule has 3 heteroatoms. The smallest absolute Gasteiger partial charge is 0.128 e. The fourth-order valence-electron chi connectivity index (χ4n) is 2.42. The number of piperidine rings is 1. The summed E-state index contributed by atoms with van der Waals surface area (Å²) in [5.41, 5.74) is 1.34. The average molecular weight is 233 g/mol. The van der Waals surface area contributed by atoms with Crippen molar-refractivity contribution in [2.24, 2.45) is 0 Å². The lowest BCUT2D eigenvalue weighted by molar-refractivity contribution is 0.570. The van der Waals surface area contributed by atoms with E-state index in [-0.39, 0.29) is 0 Å². The molecule has 1 aromatic heterocycles. The lowest BCUT2D eigenvalue weighted by Crippen LogP contribution is -2.30. The summed E-state index contributed by atoms with van der Waals surface area (Å²) in [5, 5.41) is 3.45. The maximum absolute atomic E-state index is 4.50. The predicted molar refractivity (Wildman–Crippen MR) is 72.4 cm³/mol. The molecule has 0 aromatic carbocycles. The summed E-state index contributed by atoms with van der Waals surface area (Å²) in [6.45, 7) is 7.67. The van der Waals surface area contributed by atoms with Crippen LogP contribution in [0.3, 0.4) is 0 Å². The van der Waals surface area contributed by atoms with Gasteiger partial charge in [0.2, 0.25) is 0 Å². The van der Waals surface area contributed by atoms with Crippen molar-refractivity contribution in [1.29, 1.82) is 0 Å². The van der Waals surface area contributed by atoms with Gasteiger partial charge >= 0.3 is 0 Å². The second-order valence-electron chi connectivity index (χ2n) is 4.77. The van der Waals surface area contributed by atoms with E-state index in [1.807, 2.05) is 6.20 Å². The van der Waals surface area contributed by atoms with Crippen LogP contribution in [0.25, 0.3) is 0 Å². The summed E-state index contributed by atoms with van der Waals surface area (Å²) in [7, 11) is 0. The van der Waals surface area contributed by atoms with Crippen molar-refractivity contribution in [1.82, 2.24) is 10.3 Å². The summed E-state index contributed by atoms with van der Waals surface area (Å²) in [6.07, 6.45) is 5.90. The Hall–Kier alpha value is -1.09. The summed E-state index contributed by atoms with van der Waals surface area (Å²) in [5.74, 6) is 1.15. The zero-order valence-corrected chi connectivity index (χ0v) is 10.9. The number of aromatic nitrogens is 1. The first-order valence-electron chi connectivity index (χ1n) is 6.75. The lowest BCUT2D eigenvalue weighted by atomic mass is 10.1. The fourth-order valence-corrected chi connectivity index (χ4v) is 2.42. The maximum Gasteiger partial charge on any atom is 0.128 e. The number of anilines is 1. The van der Waals surface area contributed by atoms with Gasteiger partial charge in [-0.1, -0.05) is 6.92 Å². The van der Waals surface area contributed by atoms with Crippen LogP contribution < -0.4 is 10.2 Å². The molecule has 0 saturated carbocycles. The van der Waals surface area contributed by atoms with Crippen molar-refractivity contribution in [3.8, 4) is 0 Å². The second kappa shape index (κ2) is 6.01. The van der Waals surface area contributed by atoms with Crippen molar-refractivity contribution in [3.63, 3.8) is 0 Å². The number of hydrogen-bond acceptors (Lipinski definition) is 3. The van der Waals surface area contributed by atoms with Gasteiger partial charge in [-0.3, -0.25) is 0 Å². The molecular weight excluding hydrogens is 210 g/mol. The van der Waals surface area contributed by atoms with Gasteiger partial charge in [0.05, 0.1) is 0 Å². The van der Waals surface area contributed by atoms with Crippen molar-refractivity contribution in [2.75, 3.05) is 24.5 Å². The predicted octanol–water partition coefficient (Wildman–Crippen LogP) is 2.74. The monoisotopic (exact) mass is 233 g/mol. The van der Waals surface area contributed by atoms with E-state index >= 15 is 0 Å². The van der Waals surface area contributed by atoms with Crippen LogP contribution >= 0.6 is 0 Å². The SMILES string of the molecule is CCNC(C)c1ccnc(N2CCCCC2)c1. The zero-order valence-electron chi connectivity index (χ0n) is 10.9. The fraction of sp³-hybridized carbons (Fsp3) is 0.643. The third-order valence-corrected chi connectivity index (χ3v) is 3.46. The highest BCUT2D eigenvalue weighted by Crippen LogP contribution is 2.21. The average Bonchev–Trinajstić information content (AvgIpc) is 2.40. The van der Waals surface area contributed by atoms with Crippen molar-refractivity contribution >= 4 is 5.82 Å². The summed E-state index contributed by atoms with van der Waals surface area (Å²) in [4.78, 5) is 6.91. The quantitative estimate of drug-likeness (QED) is 0.866. The van der Waals surface area contributed by atoms with Crippen molar-refractivity contribution < 1.29 is 0 Å².